The van der Waals surface area contributed by atoms with Gasteiger partial charge in [-0.2, -0.15) is 0 Å². The molecule has 0 atom stereocenters. The maximum atomic E-state index is 11.3. The summed E-state index contributed by atoms with van der Waals surface area (Å²) in [5, 5.41) is 0. The summed E-state index contributed by atoms with van der Waals surface area (Å²) in [6.07, 6.45) is 7.38. The van der Waals surface area contributed by atoms with Crippen LogP contribution in [-0.2, 0) is 9.59 Å². The Morgan fingerprint density at radius 1 is 1.19 bits per heavy atom. The molecule has 0 spiro atoms. The number of rotatable bonds is 5. The van der Waals surface area contributed by atoms with Gasteiger partial charge in [0.2, 0.25) is 0 Å². The van der Waals surface area contributed by atoms with Crippen molar-refractivity contribution in [1.29, 1.82) is 0 Å². The van der Waals surface area contributed by atoms with E-state index < -0.39 is 0 Å². The molecule has 0 unspecified atom stereocenters. The lowest BCUT2D eigenvalue weighted by atomic mass is 9.77. The molecule has 90 valence electrons. The van der Waals surface area contributed by atoms with Gasteiger partial charge < -0.3 is 0 Å². The maximum absolute atomic E-state index is 11.3. The first kappa shape index (κ1) is 13.1. The number of hydrogen-bond donors (Lipinski definition) is 0. The zero-order valence-electron chi connectivity index (χ0n) is 10.4. The van der Waals surface area contributed by atoms with Crippen LogP contribution in [0.2, 0.25) is 0 Å². The normalized spacial score (nSPS) is 25.4. The van der Waals surface area contributed by atoms with Crippen molar-refractivity contribution in [1.82, 2.24) is 0 Å². The number of Topliss-reactive ketones (excluding diaryl/α,β-unsaturated/α-hetero) is 2. The van der Waals surface area contributed by atoms with Crippen molar-refractivity contribution >= 4 is 11.6 Å². The van der Waals surface area contributed by atoms with E-state index in [-0.39, 0.29) is 17.5 Å². The molecular formula is C14H22O2. The van der Waals surface area contributed by atoms with Gasteiger partial charge in [0.05, 0.1) is 5.92 Å². The van der Waals surface area contributed by atoms with E-state index >= 15 is 0 Å². The van der Waals surface area contributed by atoms with Crippen LogP contribution in [0.5, 0.6) is 0 Å². The van der Waals surface area contributed by atoms with Crippen molar-refractivity contribution in [3.05, 3.63) is 12.7 Å². The first-order valence-corrected chi connectivity index (χ1v) is 6.18. The Bertz CT molecular complexity index is 258. The molecule has 1 saturated carbocycles. The fourth-order valence-electron chi connectivity index (χ4n) is 2.61. The molecule has 1 aliphatic carbocycles. The van der Waals surface area contributed by atoms with Crippen molar-refractivity contribution in [3.63, 3.8) is 0 Å². The Kier molecular flexibility index (Phi) is 4.91. The molecule has 0 radical (unpaired) electrons. The standard InChI is InChI=1S/C14H22O2/c1-4-12-5-7-13(8-6-12)9-14(10(2)15)11(3)16/h4,12-14H,1,5-9H2,2-3H3. The van der Waals surface area contributed by atoms with E-state index in [1.807, 2.05) is 6.08 Å². The van der Waals surface area contributed by atoms with Crippen LogP contribution < -0.4 is 0 Å². The fourth-order valence-corrected chi connectivity index (χ4v) is 2.61. The van der Waals surface area contributed by atoms with Crippen LogP contribution in [0.4, 0.5) is 0 Å². The predicted molar refractivity (Wildman–Crippen MR) is 65.1 cm³/mol. The average Bonchev–Trinajstić information content (AvgIpc) is 2.25. The second kappa shape index (κ2) is 5.97. The highest BCUT2D eigenvalue weighted by molar-refractivity contribution is 6.00. The van der Waals surface area contributed by atoms with E-state index in [1.165, 1.54) is 13.8 Å². The van der Waals surface area contributed by atoms with Gasteiger partial charge in [0, 0.05) is 0 Å². The third kappa shape index (κ3) is 3.58. The maximum Gasteiger partial charge on any atom is 0.140 e. The average molecular weight is 222 g/mol. The van der Waals surface area contributed by atoms with Crippen molar-refractivity contribution in [2.24, 2.45) is 17.8 Å². The third-order valence-corrected chi connectivity index (χ3v) is 3.78. The lowest BCUT2D eigenvalue weighted by molar-refractivity contribution is -0.131. The smallest absolute Gasteiger partial charge is 0.140 e. The second-order valence-corrected chi connectivity index (χ2v) is 5.03. The Hall–Kier alpha value is -0.920. The molecular weight excluding hydrogens is 200 g/mol. The Balaban J connectivity index is 2.45. The van der Waals surface area contributed by atoms with Gasteiger partial charge in [-0.05, 0) is 57.8 Å². The summed E-state index contributed by atoms with van der Waals surface area (Å²) in [6.45, 7) is 6.88. The molecule has 0 aromatic heterocycles. The van der Waals surface area contributed by atoms with E-state index in [0.717, 1.165) is 32.1 Å². The summed E-state index contributed by atoms with van der Waals surface area (Å²) >= 11 is 0. The summed E-state index contributed by atoms with van der Waals surface area (Å²) in [7, 11) is 0. The van der Waals surface area contributed by atoms with E-state index in [1.54, 1.807) is 0 Å². The van der Waals surface area contributed by atoms with E-state index in [0.29, 0.717) is 11.8 Å². The molecule has 1 aliphatic rings. The molecule has 0 aromatic carbocycles. The van der Waals surface area contributed by atoms with Gasteiger partial charge in [-0.1, -0.05) is 6.08 Å². The van der Waals surface area contributed by atoms with Crippen LogP contribution >= 0.6 is 0 Å². The molecule has 0 saturated heterocycles. The number of allylic oxidation sites excluding steroid dienone is 1. The molecule has 1 fully saturated rings. The number of carbonyl (C=O) groups excluding carboxylic acids is 2. The van der Waals surface area contributed by atoms with Crippen molar-refractivity contribution in [2.75, 3.05) is 0 Å². The van der Waals surface area contributed by atoms with E-state index in [9.17, 15) is 9.59 Å². The molecule has 0 bridgehead atoms. The van der Waals surface area contributed by atoms with Gasteiger partial charge in [-0.25, -0.2) is 0 Å². The van der Waals surface area contributed by atoms with Crippen molar-refractivity contribution in [2.45, 2.75) is 46.0 Å². The summed E-state index contributed by atoms with van der Waals surface area (Å²) < 4.78 is 0. The van der Waals surface area contributed by atoms with Gasteiger partial charge in [0.15, 0.2) is 0 Å². The molecule has 0 amide bonds. The summed E-state index contributed by atoms with van der Waals surface area (Å²) in [4.78, 5) is 22.7. The highest BCUT2D eigenvalue weighted by atomic mass is 16.1. The topological polar surface area (TPSA) is 34.1 Å². The zero-order chi connectivity index (χ0) is 12.1. The fraction of sp³-hybridized carbons (Fsp3) is 0.714. The van der Waals surface area contributed by atoms with E-state index in [4.69, 9.17) is 0 Å². The second-order valence-electron chi connectivity index (χ2n) is 5.03. The van der Waals surface area contributed by atoms with Crippen LogP contribution in [0.3, 0.4) is 0 Å². The molecule has 0 N–H and O–H groups in total. The largest absolute Gasteiger partial charge is 0.299 e. The summed E-state index contributed by atoms with van der Waals surface area (Å²) in [5.74, 6) is 0.889. The quantitative estimate of drug-likeness (QED) is 0.529. The number of hydrogen-bond acceptors (Lipinski definition) is 2. The van der Waals surface area contributed by atoms with Crippen LogP contribution in [0, 0.1) is 17.8 Å². The van der Waals surface area contributed by atoms with Crippen molar-refractivity contribution < 1.29 is 9.59 Å². The lowest BCUT2D eigenvalue weighted by Gasteiger charge is -2.28. The first-order valence-electron chi connectivity index (χ1n) is 6.18. The molecule has 2 nitrogen and oxygen atoms in total. The highest BCUT2D eigenvalue weighted by Gasteiger charge is 2.26. The molecule has 1 rings (SSSR count). The van der Waals surface area contributed by atoms with Gasteiger partial charge in [0.1, 0.15) is 11.6 Å². The summed E-state index contributed by atoms with van der Waals surface area (Å²) in [5.41, 5.74) is 0. The molecule has 2 heteroatoms. The zero-order valence-corrected chi connectivity index (χ0v) is 10.4. The van der Waals surface area contributed by atoms with Crippen LogP contribution in [-0.4, -0.2) is 11.6 Å². The Morgan fingerprint density at radius 3 is 2.06 bits per heavy atom. The molecule has 0 aromatic rings. The number of carbonyl (C=O) groups is 2. The van der Waals surface area contributed by atoms with Crippen LogP contribution in [0.25, 0.3) is 0 Å². The van der Waals surface area contributed by atoms with Crippen molar-refractivity contribution in [3.8, 4) is 0 Å². The lowest BCUT2D eigenvalue weighted by Crippen LogP contribution is -2.24. The minimum atomic E-state index is -0.356. The predicted octanol–water partition coefficient (Wildman–Crippen LogP) is 3.16. The monoisotopic (exact) mass is 222 g/mol. The Morgan fingerprint density at radius 2 is 1.69 bits per heavy atom. The molecule has 0 aliphatic heterocycles. The minimum Gasteiger partial charge on any atom is -0.299 e. The van der Waals surface area contributed by atoms with Gasteiger partial charge in [-0.3, -0.25) is 9.59 Å². The Labute approximate surface area is 98.1 Å². The molecule has 16 heavy (non-hydrogen) atoms. The van der Waals surface area contributed by atoms with E-state index in [2.05, 4.69) is 6.58 Å². The van der Waals surface area contributed by atoms with Crippen LogP contribution in [0.1, 0.15) is 46.0 Å². The highest BCUT2D eigenvalue weighted by Crippen LogP contribution is 2.33. The summed E-state index contributed by atoms with van der Waals surface area (Å²) in [6, 6.07) is 0. The van der Waals surface area contributed by atoms with Gasteiger partial charge >= 0.3 is 0 Å². The molecule has 0 heterocycles. The van der Waals surface area contributed by atoms with Gasteiger partial charge in [0.25, 0.3) is 0 Å². The first-order chi connectivity index (χ1) is 7.54. The SMILES string of the molecule is C=CC1CCC(CC(C(C)=O)C(C)=O)CC1. The van der Waals surface area contributed by atoms with Gasteiger partial charge in [-0.15, -0.1) is 6.58 Å². The number of ketones is 2. The minimum absolute atomic E-state index is 0.0262. The van der Waals surface area contributed by atoms with Crippen LogP contribution in [0.15, 0.2) is 12.7 Å². The third-order valence-electron chi connectivity index (χ3n) is 3.78.